The Kier molecular flexibility index (Phi) is 6.36. The van der Waals surface area contributed by atoms with Crippen LogP contribution in [0.2, 0.25) is 0 Å². The Bertz CT molecular complexity index is 1490. The quantitative estimate of drug-likeness (QED) is 0.276. The van der Waals surface area contributed by atoms with Crippen LogP contribution in [0.3, 0.4) is 0 Å². The van der Waals surface area contributed by atoms with Crippen molar-refractivity contribution in [3.63, 3.8) is 0 Å². The number of benzene rings is 3. The van der Waals surface area contributed by atoms with Crippen molar-refractivity contribution in [3.05, 3.63) is 107 Å². The Balaban J connectivity index is 1.41. The number of rotatable bonds is 7. The van der Waals surface area contributed by atoms with Crippen molar-refractivity contribution in [3.8, 4) is 17.5 Å². The minimum Gasteiger partial charge on any atom is -0.489 e. The Hall–Kier alpha value is -4.30. The summed E-state index contributed by atoms with van der Waals surface area (Å²) in [6.07, 6.45) is 3.19. The van der Waals surface area contributed by atoms with Crippen molar-refractivity contribution < 1.29 is 18.7 Å². The normalized spacial score (nSPS) is 10.8. The molecule has 0 atom stereocenters. The number of nitrogens with zero attached hydrogens (tertiary/aromatic N) is 2. The number of fused-ring (bicyclic) bond motifs is 1. The molecule has 0 spiro atoms. The van der Waals surface area contributed by atoms with Gasteiger partial charge in [0.25, 0.3) is 5.91 Å². The summed E-state index contributed by atoms with van der Waals surface area (Å²) in [6, 6.07) is 21.3. The van der Waals surface area contributed by atoms with Crippen LogP contribution in [0.25, 0.3) is 10.1 Å². The number of carbonyl (C=O) groups is 1. The summed E-state index contributed by atoms with van der Waals surface area (Å²) < 4.78 is 27.0. The fourth-order valence-electron chi connectivity index (χ4n) is 3.62. The maximum atomic E-state index is 14.8. The molecule has 0 saturated heterocycles. The van der Waals surface area contributed by atoms with Gasteiger partial charge < -0.3 is 14.8 Å². The third-order valence-corrected chi connectivity index (χ3v) is 6.49. The van der Waals surface area contributed by atoms with E-state index in [1.54, 1.807) is 48.8 Å². The lowest BCUT2D eigenvalue weighted by molar-refractivity contribution is 0.102. The highest BCUT2D eigenvalue weighted by Gasteiger charge is 2.22. The molecule has 5 rings (SSSR count). The number of carbonyl (C=O) groups excluding carboxylic acids is 1. The fraction of sp³-hybridized carbons (Fsp3) is 0.0741. The zero-order chi connectivity index (χ0) is 24.2. The molecule has 0 aliphatic rings. The topological polar surface area (TPSA) is 73.3 Å². The molecule has 0 radical (unpaired) electrons. The minimum absolute atomic E-state index is 0.0660. The van der Waals surface area contributed by atoms with E-state index >= 15 is 0 Å². The van der Waals surface area contributed by atoms with Gasteiger partial charge in [0.1, 0.15) is 28.8 Å². The lowest BCUT2D eigenvalue weighted by atomic mass is 10.1. The van der Waals surface area contributed by atoms with Crippen LogP contribution in [0.5, 0.6) is 17.5 Å². The van der Waals surface area contributed by atoms with Gasteiger partial charge in [-0.05, 0) is 61.0 Å². The van der Waals surface area contributed by atoms with Crippen molar-refractivity contribution in [2.45, 2.75) is 13.5 Å². The van der Waals surface area contributed by atoms with Crippen LogP contribution in [0.4, 0.5) is 10.1 Å². The molecule has 0 bridgehead atoms. The van der Waals surface area contributed by atoms with Crippen molar-refractivity contribution >= 4 is 33.0 Å². The van der Waals surface area contributed by atoms with Gasteiger partial charge in [-0.3, -0.25) is 4.79 Å². The van der Waals surface area contributed by atoms with Crippen LogP contribution in [0, 0.1) is 12.7 Å². The molecule has 174 valence electrons. The first-order valence-corrected chi connectivity index (χ1v) is 11.6. The van der Waals surface area contributed by atoms with Crippen LogP contribution >= 0.6 is 11.3 Å². The number of hydrogen-bond donors (Lipinski definition) is 1. The minimum atomic E-state index is -0.384. The average molecular weight is 486 g/mol. The van der Waals surface area contributed by atoms with Crippen LogP contribution in [0.1, 0.15) is 20.8 Å². The second-order valence-electron chi connectivity index (χ2n) is 7.69. The SMILES string of the molecule is Cc1cc(Oc2ncccn2)ccc1NC(=O)c1sc2cccc(F)c2c1COc1ccccc1. The molecule has 8 heteroatoms. The largest absolute Gasteiger partial charge is 0.489 e. The van der Waals surface area contributed by atoms with Gasteiger partial charge in [0.05, 0.1) is 0 Å². The summed E-state index contributed by atoms with van der Waals surface area (Å²) in [5.41, 5.74) is 1.92. The van der Waals surface area contributed by atoms with Gasteiger partial charge in [-0.25, -0.2) is 14.4 Å². The molecule has 2 heterocycles. The molecule has 6 nitrogen and oxygen atoms in total. The first-order valence-electron chi connectivity index (χ1n) is 10.8. The lowest BCUT2D eigenvalue weighted by Crippen LogP contribution is -2.14. The summed E-state index contributed by atoms with van der Waals surface area (Å²) >= 11 is 1.24. The zero-order valence-corrected chi connectivity index (χ0v) is 19.5. The zero-order valence-electron chi connectivity index (χ0n) is 18.7. The van der Waals surface area contributed by atoms with Crippen LogP contribution in [-0.2, 0) is 6.61 Å². The molecule has 0 aliphatic heterocycles. The van der Waals surface area contributed by atoms with E-state index in [0.29, 0.717) is 37.7 Å². The number of amides is 1. The van der Waals surface area contributed by atoms with E-state index in [4.69, 9.17) is 9.47 Å². The van der Waals surface area contributed by atoms with E-state index in [1.807, 2.05) is 37.3 Å². The van der Waals surface area contributed by atoms with Crippen molar-refractivity contribution in [2.24, 2.45) is 0 Å². The number of thiophene rings is 1. The average Bonchev–Trinajstić information content (AvgIpc) is 3.26. The number of hydrogen-bond acceptors (Lipinski definition) is 6. The summed E-state index contributed by atoms with van der Waals surface area (Å²) in [6.45, 7) is 1.93. The first kappa shape index (κ1) is 22.5. The molecule has 0 saturated carbocycles. The second kappa shape index (κ2) is 9.90. The summed E-state index contributed by atoms with van der Waals surface area (Å²) in [7, 11) is 0. The van der Waals surface area contributed by atoms with Crippen LogP contribution in [0.15, 0.2) is 85.2 Å². The number of aromatic nitrogens is 2. The highest BCUT2D eigenvalue weighted by molar-refractivity contribution is 7.21. The predicted molar refractivity (Wildman–Crippen MR) is 134 cm³/mol. The lowest BCUT2D eigenvalue weighted by Gasteiger charge is -2.12. The third kappa shape index (κ3) is 4.97. The molecule has 3 aromatic carbocycles. The Morgan fingerprint density at radius 2 is 1.77 bits per heavy atom. The van der Waals surface area contributed by atoms with E-state index in [9.17, 15) is 9.18 Å². The van der Waals surface area contributed by atoms with E-state index in [-0.39, 0.29) is 24.3 Å². The van der Waals surface area contributed by atoms with Gasteiger partial charge in [0.15, 0.2) is 0 Å². The molecule has 5 aromatic rings. The van der Waals surface area contributed by atoms with Gasteiger partial charge >= 0.3 is 6.01 Å². The highest BCUT2D eigenvalue weighted by atomic mass is 32.1. The number of aryl methyl sites for hydroxylation is 1. The molecule has 35 heavy (non-hydrogen) atoms. The molecule has 1 N–H and O–H groups in total. The number of anilines is 1. The molecular formula is C27H20FN3O3S. The van der Waals surface area contributed by atoms with Crippen LogP contribution < -0.4 is 14.8 Å². The predicted octanol–water partition coefficient (Wildman–Crippen LogP) is 6.76. The second-order valence-corrected chi connectivity index (χ2v) is 8.74. The first-order chi connectivity index (χ1) is 17.1. The van der Waals surface area contributed by atoms with Crippen molar-refractivity contribution in [1.29, 1.82) is 0 Å². The summed E-state index contributed by atoms with van der Waals surface area (Å²) in [5.74, 6) is 0.474. The van der Waals surface area contributed by atoms with E-state index in [1.165, 1.54) is 17.4 Å². The fourth-order valence-corrected chi connectivity index (χ4v) is 4.74. The number of para-hydroxylation sites is 1. The molecule has 0 aliphatic carbocycles. The van der Waals surface area contributed by atoms with Crippen LogP contribution in [-0.4, -0.2) is 15.9 Å². The van der Waals surface area contributed by atoms with Crippen molar-refractivity contribution in [2.75, 3.05) is 5.32 Å². The molecule has 0 unspecified atom stereocenters. The Morgan fingerprint density at radius 1 is 0.971 bits per heavy atom. The smallest absolute Gasteiger partial charge is 0.321 e. The number of ether oxygens (including phenoxy) is 2. The standard InChI is InChI=1S/C27H20FN3O3S/c1-17-15-19(34-27-29-13-6-14-30-27)11-12-22(17)31-26(32)25-20(16-33-18-7-3-2-4-8-18)24-21(28)9-5-10-23(24)35-25/h2-15H,16H2,1H3,(H,31,32). The van der Waals surface area contributed by atoms with Gasteiger partial charge in [-0.1, -0.05) is 24.3 Å². The molecule has 2 aromatic heterocycles. The Labute approximate surface area is 205 Å². The van der Waals surface area contributed by atoms with E-state index < -0.39 is 0 Å². The summed E-state index contributed by atoms with van der Waals surface area (Å²) in [4.78, 5) is 21.8. The number of nitrogens with one attached hydrogen (secondary N) is 1. The van der Waals surface area contributed by atoms with Gasteiger partial charge in [-0.2, -0.15) is 0 Å². The molecule has 1 amide bonds. The van der Waals surface area contributed by atoms with E-state index in [2.05, 4.69) is 15.3 Å². The van der Waals surface area contributed by atoms with Gasteiger partial charge in [-0.15, -0.1) is 11.3 Å². The van der Waals surface area contributed by atoms with Gasteiger partial charge in [0.2, 0.25) is 0 Å². The summed E-state index contributed by atoms with van der Waals surface area (Å²) in [5, 5.41) is 3.35. The molecular weight excluding hydrogens is 465 g/mol. The van der Waals surface area contributed by atoms with Gasteiger partial charge in [0, 0.05) is 33.7 Å². The maximum absolute atomic E-state index is 14.8. The Morgan fingerprint density at radius 3 is 2.54 bits per heavy atom. The monoisotopic (exact) mass is 485 g/mol. The van der Waals surface area contributed by atoms with E-state index in [0.717, 1.165) is 5.56 Å². The third-order valence-electron chi connectivity index (χ3n) is 5.29. The maximum Gasteiger partial charge on any atom is 0.321 e. The van der Waals surface area contributed by atoms with Crippen molar-refractivity contribution in [1.82, 2.24) is 9.97 Å². The number of halogens is 1. The highest BCUT2D eigenvalue weighted by Crippen LogP contribution is 2.35. The molecule has 0 fully saturated rings.